The lowest BCUT2D eigenvalue weighted by Gasteiger charge is -2.42. The van der Waals surface area contributed by atoms with E-state index in [1.807, 2.05) is 54.6 Å². The minimum atomic E-state index is -0.814. The Kier molecular flexibility index (Phi) is 7.98. The molecule has 0 unspecified atom stereocenters. The Bertz CT molecular complexity index is 1010. The molecular formula is C26H31ClN4O3. The summed E-state index contributed by atoms with van der Waals surface area (Å²) in [5, 5.41) is 0.754. The molecule has 1 aromatic carbocycles. The number of rotatable bonds is 9. The summed E-state index contributed by atoms with van der Waals surface area (Å²) in [6, 6.07) is 15.3. The molecule has 3 amide bonds. The second-order valence-corrected chi connectivity index (χ2v) is 9.29. The van der Waals surface area contributed by atoms with Crippen LogP contribution in [0.15, 0.2) is 59.8 Å². The Morgan fingerprint density at radius 1 is 1.12 bits per heavy atom. The van der Waals surface area contributed by atoms with Crippen LogP contribution in [0.5, 0.6) is 0 Å². The molecule has 3 heterocycles. The number of pyridine rings is 1. The number of benzene rings is 1. The Hall–Kier alpha value is -2.74. The molecule has 2 saturated heterocycles. The van der Waals surface area contributed by atoms with E-state index in [0.717, 1.165) is 10.6 Å². The number of likely N-dealkylation sites (tertiary alicyclic amines) is 1. The molecule has 0 N–H and O–H groups in total. The van der Waals surface area contributed by atoms with Gasteiger partial charge in [-0.15, -0.1) is 0 Å². The van der Waals surface area contributed by atoms with Gasteiger partial charge in [-0.05, 0) is 43.0 Å². The predicted molar refractivity (Wildman–Crippen MR) is 132 cm³/mol. The van der Waals surface area contributed by atoms with Crippen LogP contribution in [0, 0.1) is 0 Å². The van der Waals surface area contributed by atoms with Crippen LogP contribution in [-0.4, -0.2) is 77.1 Å². The van der Waals surface area contributed by atoms with Crippen LogP contribution in [-0.2, 0) is 16.1 Å². The fourth-order valence-electron chi connectivity index (χ4n) is 4.81. The number of halogens is 1. The van der Waals surface area contributed by atoms with E-state index >= 15 is 0 Å². The van der Waals surface area contributed by atoms with Gasteiger partial charge in [0.2, 0.25) is 0 Å². The van der Waals surface area contributed by atoms with E-state index in [0.29, 0.717) is 57.7 Å². The number of carbonyl (C=O) groups is 2. The molecule has 1 aromatic heterocycles. The topological polar surface area (TPSA) is 66.0 Å². The third kappa shape index (κ3) is 5.32. The zero-order valence-electron chi connectivity index (χ0n) is 19.5. The number of hydrogen-bond acceptors (Lipinski definition) is 5. The number of piperidine rings is 1. The van der Waals surface area contributed by atoms with Gasteiger partial charge < -0.3 is 9.64 Å². The van der Waals surface area contributed by atoms with E-state index in [1.165, 1.54) is 4.90 Å². The molecule has 2 aliphatic heterocycles. The van der Waals surface area contributed by atoms with Crippen LogP contribution in [0.25, 0.3) is 6.08 Å². The summed E-state index contributed by atoms with van der Waals surface area (Å²) in [5.41, 5.74) is 0.950. The average molecular weight is 483 g/mol. The van der Waals surface area contributed by atoms with Crippen LogP contribution in [0.3, 0.4) is 0 Å². The maximum absolute atomic E-state index is 13.7. The van der Waals surface area contributed by atoms with Gasteiger partial charge in [-0.1, -0.05) is 48.0 Å². The van der Waals surface area contributed by atoms with Crippen molar-refractivity contribution in [3.05, 3.63) is 71.0 Å². The van der Waals surface area contributed by atoms with Crippen molar-refractivity contribution in [3.8, 4) is 0 Å². The fourth-order valence-corrected chi connectivity index (χ4v) is 5.10. The molecule has 0 saturated carbocycles. The number of methoxy groups -OCH3 is 1. The molecule has 34 heavy (non-hydrogen) atoms. The Labute approximate surface area is 206 Å². The first kappa shape index (κ1) is 24.4. The Morgan fingerprint density at radius 2 is 1.85 bits per heavy atom. The lowest BCUT2D eigenvalue weighted by molar-refractivity contribution is -0.136. The summed E-state index contributed by atoms with van der Waals surface area (Å²) in [6.45, 7) is 3.23. The van der Waals surface area contributed by atoms with Crippen LogP contribution < -0.4 is 0 Å². The van der Waals surface area contributed by atoms with Crippen molar-refractivity contribution in [2.24, 2.45) is 0 Å². The zero-order chi connectivity index (χ0) is 24.0. The molecular weight excluding hydrogens is 452 g/mol. The molecule has 2 aliphatic rings. The summed E-state index contributed by atoms with van der Waals surface area (Å²) >= 11 is 6.54. The second kappa shape index (κ2) is 11.1. The second-order valence-electron chi connectivity index (χ2n) is 8.80. The maximum atomic E-state index is 13.7. The van der Waals surface area contributed by atoms with Crippen molar-refractivity contribution in [2.75, 3.05) is 39.9 Å². The molecule has 8 heteroatoms. The largest absolute Gasteiger partial charge is 0.385 e. The number of nitrogens with zero attached hydrogens (tertiary/aromatic N) is 4. The first-order valence-electron chi connectivity index (χ1n) is 11.7. The van der Waals surface area contributed by atoms with Gasteiger partial charge >= 0.3 is 6.03 Å². The summed E-state index contributed by atoms with van der Waals surface area (Å²) in [7, 11) is 1.64. The van der Waals surface area contributed by atoms with E-state index in [-0.39, 0.29) is 18.5 Å². The van der Waals surface area contributed by atoms with Gasteiger partial charge in [0, 0.05) is 51.1 Å². The third-order valence-electron chi connectivity index (χ3n) is 6.58. The molecule has 0 radical (unpaired) electrons. The highest BCUT2D eigenvalue weighted by Gasteiger charge is 2.57. The predicted octanol–water partition coefficient (Wildman–Crippen LogP) is 4.00. The average Bonchev–Trinajstić information content (AvgIpc) is 3.03. The number of amides is 3. The smallest absolute Gasteiger partial charge is 0.328 e. The molecule has 7 nitrogen and oxygen atoms in total. The monoisotopic (exact) mass is 482 g/mol. The van der Waals surface area contributed by atoms with E-state index in [4.69, 9.17) is 16.3 Å². The summed E-state index contributed by atoms with van der Waals surface area (Å²) in [6.07, 6.45) is 5.50. The molecule has 1 spiro atoms. The van der Waals surface area contributed by atoms with Gasteiger partial charge in [0.05, 0.1) is 12.2 Å². The number of ether oxygens (including phenoxy) is 1. The number of urea groups is 1. The highest BCUT2D eigenvalue weighted by molar-refractivity contribution is 6.31. The highest BCUT2D eigenvalue weighted by atomic mass is 35.5. The van der Waals surface area contributed by atoms with Crippen molar-refractivity contribution in [1.82, 2.24) is 19.7 Å². The molecule has 0 aliphatic carbocycles. The van der Waals surface area contributed by atoms with Gasteiger partial charge in [-0.2, -0.15) is 0 Å². The highest BCUT2D eigenvalue weighted by Crippen LogP contribution is 2.38. The van der Waals surface area contributed by atoms with Crippen molar-refractivity contribution in [3.63, 3.8) is 0 Å². The number of hydrogen-bond donors (Lipinski definition) is 0. The molecule has 2 aromatic rings. The van der Waals surface area contributed by atoms with Gasteiger partial charge in [0.15, 0.2) is 0 Å². The van der Waals surface area contributed by atoms with E-state index < -0.39 is 5.54 Å². The van der Waals surface area contributed by atoms with Crippen molar-refractivity contribution in [1.29, 1.82) is 0 Å². The Balaban J connectivity index is 1.47. The number of aromatic nitrogens is 1. The SMILES string of the molecule is COCCCN1C(=O)N(Cc2ccccn2)C(=O)C12CCN(C/C(Cl)=C/c1ccccc1)CC2. The van der Waals surface area contributed by atoms with Crippen molar-refractivity contribution < 1.29 is 14.3 Å². The van der Waals surface area contributed by atoms with Gasteiger partial charge in [0.25, 0.3) is 5.91 Å². The summed E-state index contributed by atoms with van der Waals surface area (Å²) < 4.78 is 5.20. The van der Waals surface area contributed by atoms with Gasteiger partial charge in [-0.3, -0.25) is 19.6 Å². The maximum Gasteiger partial charge on any atom is 0.328 e. The quantitative estimate of drug-likeness (QED) is 0.399. The lowest BCUT2D eigenvalue weighted by atomic mass is 9.85. The first-order chi connectivity index (χ1) is 16.5. The lowest BCUT2D eigenvalue weighted by Crippen LogP contribution is -2.56. The standard InChI is InChI=1S/C26H31ClN4O3/c1-34-17-7-14-31-25(33)30(20-23-10-5-6-13-28-23)24(32)26(31)11-15-29(16-12-26)19-22(27)18-21-8-3-2-4-9-21/h2-6,8-10,13,18H,7,11-12,14-17,19-20H2,1H3/b22-18-. The number of imide groups is 1. The van der Waals surface area contributed by atoms with Crippen LogP contribution in [0.1, 0.15) is 30.5 Å². The van der Waals surface area contributed by atoms with Crippen LogP contribution in [0.4, 0.5) is 4.79 Å². The molecule has 180 valence electrons. The first-order valence-corrected chi connectivity index (χ1v) is 12.1. The summed E-state index contributed by atoms with van der Waals surface area (Å²) in [5.74, 6) is -0.119. The number of carbonyl (C=O) groups excluding carboxylic acids is 2. The fraction of sp³-hybridized carbons (Fsp3) is 0.423. The van der Waals surface area contributed by atoms with E-state index in [2.05, 4.69) is 9.88 Å². The van der Waals surface area contributed by atoms with Crippen LogP contribution in [0.2, 0.25) is 0 Å². The van der Waals surface area contributed by atoms with Crippen molar-refractivity contribution >= 4 is 29.6 Å². The molecule has 4 rings (SSSR count). The molecule has 2 fully saturated rings. The van der Waals surface area contributed by atoms with Gasteiger partial charge in [-0.25, -0.2) is 4.79 Å². The minimum absolute atomic E-state index is 0.119. The summed E-state index contributed by atoms with van der Waals surface area (Å²) in [4.78, 5) is 36.7. The minimum Gasteiger partial charge on any atom is -0.385 e. The molecule has 0 atom stereocenters. The zero-order valence-corrected chi connectivity index (χ0v) is 20.3. The van der Waals surface area contributed by atoms with Gasteiger partial charge in [0.1, 0.15) is 5.54 Å². The Morgan fingerprint density at radius 3 is 2.53 bits per heavy atom. The third-order valence-corrected chi connectivity index (χ3v) is 6.81. The van der Waals surface area contributed by atoms with Crippen molar-refractivity contribution in [2.45, 2.75) is 31.3 Å². The normalized spacial score (nSPS) is 18.8. The van der Waals surface area contributed by atoms with E-state index in [9.17, 15) is 9.59 Å². The van der Waals surface area contributed by atoms with Crippen LogP contribution >= 0.6 is 11.6 Å². The van der Waals surface area contributed by atoms with E-state index in [1.54, 1.807) is 18.2 Å². The molecule has 0 bridgehead atoms.